The Hall–Kier alpha value is -7.30. The minimum absolute atomic E-state index is 0.655. The van der Waals surface area contributed by atoms with Crippen molar-refractivity contribution in [2.24, 2.45) is 0 Å². The molecule has 0 aliphatic rings. The van der Waals surface area contributed by atoms with Crippen LogP contribution in [0.4, 0.5) is 0 Å². The molecule has 4 nitrogen and oxygen atoms in total. The van der Waals surface area contributed by atoms with Crippen LogP contribution < -0.4 is 0 Å². The molecule has 0 amide bonds. The number of benzene rings is 9. The van der Waals surface area contributed by atoms with Crippen LogP contribution in [0.15, 0.2) is 182 Å². The van der Waals surface area contributed by atoms with Gasteiger partial charge in [0, 0.05) is 43.6 Å². The summed E-state index contributed by atoms with van der Waals surface area (Å²) in [5.74, 6) is 0.655. The zero-order valence-corrected chi connectivity index (χ0v) is 29.1. The topological polar surface area (TPSA) is 35.6 Å². The molecule has 0 unspecified atom stereocenters. The summed E-state index contributed by atoms with van der Waals surface area (Å²) in [4.78, 5) is 10.8. The first-order valence-corrected chi connectivity index (χ1v) is 18.4. The average molecular weight is 687 g/mol. The molecule has 9 aromatic carbocycles. The normalized spacial score (nSPS) is 12.1. The molecule has 3 heterocycles. The molecule has 0 saturated carbocycles. The van der Waals surface area contributed by atoms with Gasteiger partial charge < -0.3 is 4.57 Å². The van der Waals surface area contributed by atoms with Gasteiger partial charge in [-0.1, -0.05) is 140 Å². The maximum absolute atomic E-state index is 5.48. The third-order valence-electron chi connectivity index (χ3n) is 11.3. The smallest absolute Gasteiger partial charge is 0.235 e. The number of rotatable bonds is 3. The number of hydrogen-bond acceptors (Lipinski definition) is 2. The second kappa shape index (κ2) is 11.1. The highest BCUT2D eigenvalue weighted by Crippen LogP contribution is 2.41. The van der Waals surface area contributed by atoms with Gasteiger partial charge in [0.15, 0.2) is 0 Å². The van der Waals surface area contributed by atoms with Crippen molar-refractivity contribution in [1.82, 2.24) is 19.1 Å². The summed E-state index contributed by atoms with van der Waals surface area (Å²) < 4.78 is 4.71. The molecule has 0 radical (unpaired) electrons. The number of nitrogens with zero attached hydrogens (tertiary/aromatic N) is 4. The van der Waals surface area contributed by atoms with E-state index in [4.69, 9.17) is 9.97 Å². The van der Waals surface area contributed by atoms with E-state index in [-0.39, 0.29) is 0 Å². The molecular weight excluding hydrogens is 657 g/mol. The molecule has 0 fully saturated rings. The molecule has 0 N–H and O–H groups in total. The summed E-state index contributed by atoms with van der Waals surface area (Å²) >= 11 is 0. The number of hydrogen-bond donors (Lipinski definition) is 0. The summed E-state index contributed by atoms with van der Waals surface area (Å²) in [5.41, 5.74) is 8.61. The van der Waals surface area contributed by atoms with Gasteiger partial charge in [-0.25, -0.2) is 9.97 Å². The summed E-state index contributed by atoms with van der Waals surface area (Å²) in [6, 6.07) is 65.5. The van der Waals surface area contributed by atoms with Crippen molar-refractivity contribution in [2.75, 3.05) is 0 Å². The predicted molar refractivity (Wildman–Crippen MR) is 226 cm³/mol. The van der Waals surface area contributed by atoms with Crippen LogP contribution in [0.1, 0.15) is 0 Å². The van der Waals surface area contributed by atoms with Crippen molar-refractivity contribution in [3.8, 4) is 22.9 Å². The van der Waals surface area contributed by atoms with E-state index in [9.17, 15) is 0 Å². The van der Waals surface area contributed by atoms with Crippen LogP contribution in [-0.4, -0.2) is 19.1 Å². The van der Waals surface area contributed by atoms with E-state index >= 15 is 0 Å². The number of aromatic nitrogens is 4. The Labute approximate surface area is 309 Å². The molecule has 0 spiro atoms. The van der Waals surface area contributed by atoms with Gasteiger partial charge in [0.25, 0.3) is 0 Å². The van der Waals surface area contributed by atoms with Crippen LogP contribution in [0.3, 0.4) is 0 Å². The Balaban J connectivity index is 1.19. The van der Waals surface area contributed by atoms with E-state index in [1.54, 1.807) is 0 Å². The van der Waals surface area contributed by atoms with E-state index in [0.717, 1.165) is 44.3 Å². The summed E-state index contributed by atoms with van der Waals surface area (Å²) in [7, 11) is 0. The summed E-state index contributed by atoms with van der Waals surface area (Å²) in [5, 5.41) is 13.1. The van der Waals surface area contributed by atoms with Gasteiger partial charge in [-0.2, -0.15) is 0 Å². The molecule has 0 aliphatic heterocycles. The Kier molecular flexibility index (Phi) is 6.02. The third-order valence-corrected chi connectivity index (χ3v) is 11.3. The molecule has 4 heteroatoms. The van der Waals surface area contributed by atoms with Crippen molar-refractivity contribution >= 4 is 86.8 Å². The average Bonchev–Trinajstić information content (AvgIpc) is 3.74. The Morgan fingerprint density at radius 2 is 0.963 bits per heavy atom. The van der Waals surface area contributed by atoms with Crippen molar-refractivity contribution in [3.05, 3.63) is 182 Å². The molecule has 0 aliphatic carbocycles. The zero-order chi connectivity index (χ0) is 35.3. The maximum atomic E-state index is 5.48. The van der Waals surface area contributed by atoms with E-state index in [1.165, 1.54) is 59.5 Å². The first kappa shape index (κ1) is 29.3. The first-order valence-electron chi connectivity index (χ1n) is 18.4. The van der Waals surface area contributed by atoms with Gasteiger partial charge in [0.2, 0.25) is 5.95 Å². The monoisotopic (exact) mass is 686 g/mol. The van der Waals surface area contributed by atoms with Gasteiger partial charge in [-0.15, -0.1) is 0 Å². The lowest BCUT2D eigenvalue weighted by Crippen LogP contribution is -2.04. The van der Waals surface area contributed by atoms with E-state index in [1.807, 2.05) is 0 Å². The van der Waals surface area contributed by atoms with Crippen molar-refractivity contribution < 1.29 is 0 Å². The van der Waals surface area contributed by atoms with Gasteiger partial charge in [-0.3, -0.25) is 4.57 Å². The van der Waals surface area contributed by atoms with Crippen LogP contribution in [-0.2, 0) is 0 Å². The minimum atomic E-state index is 0.655. The Bertz CT molecular complexity index is 3510. The summed E-state index contributed by atoms with van der Waals surface area (Å²) in [6.07, 6.45) is 0. The largest absolute Gasteiger partial charge is 0.309 e. The molecule has 12 aromatic rings. The van der Waals surface area contributed by atoms with Crippen LogP contribution >= 0.6 is 0 Å². The zero-order valence-electron chi connectivity index (χ0n) is 29.1. The second-order valence-corrected chi connectivity index (χ2v) is 14.2. The lowest BCUT2D eigenvalue weighted by Gasteiger charge is -2.14. The Morgan fingerprint density at radius 3 is 1.81 bits per heavy atom. The SMILES string of the molecule is c1ccc2cc3c(cc2c1)c1cc(-n2c4ccccc4c4ccc5ccccc5c42)ccc1n3-c1nc(-c2cccc3ccccc23)c2ccccc2n1. The van der Waals surface area contributed by atoms with Crippen molar-refractivity contribution in [3.63, 3.8) is 0 Å². The molecule has 0 saturated heterocycles. The van der Waals surface area contributed by atoms with Crippen LogP contribution in [0.2, 0.25) is 0 Å². The van der Waals surface area contributed by atoms with Crippen molar-refractivity contribution in [1.29, 1.82) is 0 Å². The molecule has 12 rings (SSSR count). The lowest BCUT2D eigenvalue weighted by molar-refractivity contribution is 1.01. The van der Waals surface area contributed by atoms with E-state index < -0.39 is 0 Å². The second-order valence-electron chi connectivity index (χ2n) is 14.2. The molecule has 250 valence electrons. The van der Waals surface area contributed by atoms with Crippen LogP contribution in [0, 0.1) is 0 Å². The highest BCUT2D eigenvalue weighted by atomic mass is 15.2. The maximum Gasteiger partial charge on any atom is 0.235 e. The van der Waals surface area contributed by atoms with Gasteiger partial charge in [0.05, 0.1) is 33.3 Å². The minimum Gasteiger partial charge on any atom is -0.309 e. The molecule has 3 aromatic heterocycles. The van der Waals surface area contributed by atoms with E-state index in [2.05, 4.69) is 191 Å². The third kappa shape index (κ3) is 4.13. The fourth-order valence-electron chi connectivity index (χ4n) is 8.85. The van der Waals surface area contributed by atoms with E-state index in [0.29, 0.717) is 5.95 Å². The fourth-order valence-corrected chi connectivity index (χ4v) is 8.85. The van der Waals surface area contributed by atoms with Gasteiger partial charge in [-0.05, 0) is 69.4 Å². The highest BCUT2D eigenvalue weighted by Gasteiger charge is 2.21. The molecule has 0 bridgehead atoms. The molecular formula is C50H30N4. The highest BCUT2D eigenvalue weighted by molar-refractivity contribution is 6.19. The number of para-hydroxylation sites is 2. The molecule has 54 heavy (non-hydrogen) atoms. The summed E-state index contributed by atoms with van der Waals surface area (Å²) in [6.45, 7) is 0. The quantitative estimate of drug-likeness (QED) is 0.185. The van der Waals surface area contributed by atoms with Crippen molar-refractivity contribution in [2.45, 2.75) is 0 Å². The predicted octanol–water partition coefficient (Wildman–Crippen LogP) is 13.0. The van der Waals surface area contributed by atoms with Gasteiger partial charge >= 0.3 is 0 Å². The number of fused-ring (bicyclic) bond motifs is 11. The standard InChI is InChI=1S/C50H30N4/c1-2-15-34-29-47-42(28-33(34)14-1)43-30-35(53-45-23-10-8-19-38(45)40-26-24-32-13-4-6-18-37(32)49(40)53)25-27-46(43)54(47)50-51-44-22-9-7-20-41(44)48(52-50)39-21-11-16-31-12-3-5-17-36(31)39/h1-30H. The molecule has 0 atom stereocenters. The van der Waals surface area contributed by atoms with Gasteiger partial charge in [0.1, 0.15) is 0 Å². The Morgan fingerprint density at radius 1 is 0.333 bits per heavy atom. The lowest BCUT2D eigenvalue weighted by atomic mass is 9.99. The van der Waals surface area contributed by atoms with Crippen LogP contribution in [0.5, 0.6) is 0 Å². The van der Waals surface area contributed by atoms with Crippen LogP contribution in [0.25, 0.3) is 110 Å². The fraction of sp³-hybridized carbons (Fsp3) is 0. The first-order chi connectivity index (χ1) is 26.8.